The normalized spacial score (nSPS) is 15.1. The lowest BCUT2D eigenvalue weighted by Crippen LogP contribution is -2.34. The molecule has 1 aliphatic heterocycles. The predicted molar refractivity (Wildman–Crippen MR) is 135 cm³/mol. The summed E-state index contributed by atoms with van der Waals surface area (Å²) in [6.07, 6.45) is 3.63. The molecule has 0 aliphatic carbocycles. The van der Waals surface area contributed by atoms with Gasteiger partial charge in [0.05, 0.1) is 11.4 Å². The summed E-state index contributed by atoms with van der Waals surface area (Å²) in [6, 6.07) is 13.8. The zero-order valence-electron chi connectivity index (χ0n) is 19.2. The second-order valence-electron chi connectivity index (χ2n) is 8.48. The van der Waals surface area contributed by atoms with E-state index in [4.69, 9.17) is 0 Å². The molecular weight excluding hydrogens is 434 g/mol. The number of carbonyl (C=O) groups excluding carboxylic acids is 2. The molecule has 0 fully saturated rings. The first-order valence-corrected chi connectivity index (χ1v) is 11.8. The lowest BCUT2D eigenvalue weighted by atomic mass is 10.1. The van der Waals surface area contributed by atoms with Gasteiger partial charge in [0, 0.05) is 31.0 Å². The molecule has 33 heavy (non-hydrogen) atoms. The Balaban J connectivity index is 1.48. The minimum Gasteiger partial charge on any atom is -0.325 e. The standard InChI is InChI=1S/C25H27N5O2S/c1-16(2)13-30-24(32)22(12-20-14-29(4)28-17(20)3)27-25(30)33-15-23(31)26-21-10-9-18-7-5-6-8-19(18)11-21/h5-12,14,16H,13,15H2,1-4H3,(H,26,31)/b22-12+. The molecule has 2 heterocycles. The number of hydrogen-bond acceptors (Lipinski definition) is 5. The number of benzene rings is 2. The summed E-state index contributed by atoms with van der Waals surface area (Å²) in [6.45, 7) is 6.54. The second-order valence-corrected chi connectivity index (χ2v) is 9.42. The van der Waals surface area contributed by atoms with Crippen LogP contribution in [0.3, 0.4) is 0 Å². The Kier molecular flexibility index (Phi) is 6.65. The van der Waals surface area contributed by atoms with Crippen molar-refractivity contribution < 1.29 is 9.59 Å². The molecule has 0 bridgehead atoms. The first kappa shape index (κ1) is 22.8. The zero-order valence-corrected chi connectivity index (χ0v) is 20.0. The zero-order chi connectivity index (χ0) is 23.5. The maximum atomic E-state index is 13.0. The van der Waals surface area contributed by atoms with Crippen LogP contribution >= 0.6 is 11.8 Å². The Bertz CT molecular complexity index is 1270. The summed E-state index contributed by atoms with van der Waals surface area (Å²) in [5.41, 5.74) is 2.80. The van der Waals surface area contributed by atoms with Crippen molar-refractivity contribution in [1.29, 1.82) is 0 Å². The highest BCUT2D eigenvalue weighted by molar-refractivity contribution is 8.14. The summed E-state index contributed by atoms with van der Waals surface area (Å²) in [7, 11) is 1.84. The fraction of sp³-hybridized carbons (Fsp3) is 0.280. The van der Waals surface area contributed by atoms with Crippen LogP contribution < -0.4 is 5.32 Å². The van der Waals surface area contributed by atoms with Gasteiger partial charge in [-0.15, -0.1) is 0 Å². The third-order valence-corrected chi connectivity index (χ3v) is 6.14. The molecule has 1 aliphatic rings. The van der Waals surface area contributed by atoms with Crippen LogP contribution in [-0.4, -0.2) is 44.0 Å². The topological polar surface area (TPSA) is 79.6 Å². The molecule has 1 aromatic heterocycles. The van der Waals surface area contributed by atoms with Gasteiger partial charge in [-0.3, -0.25) is 19.2 Å². The Morgan fingerprint density at radius 2 is 1.94 bits per heavy atom. The average molecular weight is 462 g/mol. The average Bonchev–Trinajstić information content (AvgIpc) is 3.24. The van der Waals surface area contributed by atoms with Crippen LogP contribution in [0, 0.1) is 12.8 Å². The SMILES string of the molecule is Cc1nn(C)cc1/C=C1/N=C(SCC(=O)Nc2ccc3ccccc3c2)N(CC(C)C)C1=O. The number of aromatic nitrogens is 2. The third-order valence-electron chi connectivity index (χ3n) is 5.17. The van der Waals surface area contributed by atoms with Gasteiger partial charge in [-0.25, -0.2) is 4.99 Å². The molecule has 0 atom stereocenters. The van der Waals surface area contributed by atoms with Crippen LogP contribution in [0.4, 0.5) is 5.69 Å². The monoisotopic (exact) mass is 461 g/mol. The van der Waals surface area contributed by atoms with Gasteiger partial charge < -0.3 is 5.32 Å². The molecule has 2 amide bonds. The Morgan fingerprint density at radius 3 is 2.64 bits per heavy atom. The van der Waals surface area contributed by atoms with E-state index in [1.165, 1.54) is 11.8 Å². The van der Waals surface area contributed by atoms with Crippen molar-refractivity contribution in [3.05, 3.63) is 65.6 Å². The number of rotatable bonds is 6. The molecule has 2 aromatic carbocycles. The lowest BCUT2D eigenvalue weighted by molar-refractivity contribution is -0.122. The Labute approximate surface area is 197 Å². The minimum absolute atomic E-state index is 0.143. The molecule has 7 nitrogen and oxygen atoms in total. The Morgan fingerprint density at radius 1 is 1.18 bits per heavy atom. The van der Waals surface area contributed by atoms with E-state index in [1.54, 1.807) is 15.7 Å². The largest absolute Gasteiger partial charge is 0.325 e. The Hall–Kier alpha value is -3.39. The van der Waals surface area contributed by atoms with Crippen molar-refractivity contribution in [1.82, 2.24) is 14.7 Å². The number of fused-ring (bicyclic) bond motifs is 1. The highest BCUT2D eigenvalue weighted by Crippen LogP contribution is 2.26. The molecule has 170 valence electrons. The summed E-state index contributed by atoms with van der Waals surface area (Å²) in [4.78, 5) is 31.9. The number of nitrogens with one attached hydrogen (secondary N) is 1. The fourth-order valence-corrected chi connectivity index (χ4v) is 4.48. The van der Waals surface area contributed by atoms with Crippen molar-refractivity contribution in [2.45, 2.75) is 20.8 Å². The van der Waals surface area contributed by atoms with Crippen LogP contribution in [-0.2, 0) is 16.6 Å². The van der Waals surface area contributed by atoms with Crippen LogP contribution in [0.25, 0.3) is 16.8 Å². The number of aliphatic imine (C=N–C) groups is 1. The molecule has 8 heteroatoms. The molecule has 0 unspecified atom stereocenters. The van der Waals surface area contributed by atoms with Gasteiger partial charge in [0.25, 0.3) is 5.91 Å². The van der Waals surface area contributed by atoms with Gasteiger partial charge >= 0.3 is 0 Å². The van der Waals surface area contributed by atoms with Crippen LogP contribution in [0.2, 0.25) is 0 Å². The van der Waals surface area contributed by atoms with E-state index in [0.29, 0.717) is 17.4 Å². The number of nitrogens with zero attached hydrogens (tertiary/aromatic N) is 4. The van der Waals surface area contributed by atoms with Gasteiger partial charge in [-0.2, -0.15) is 5.10 Å². The van der Waals surface area contributed by atoms with Crippen LogP contribution in [0.15, 0.2) is 59.4 Å². The van der Waals surface area contributed by atoms with Gasteiger partial charge in [-0.05, 0) is 41.8 Å². The molecule has 0 saturated heterocycles. The maximum Gasteiger partial charge on any atom is 0.278 e. The molecule has 4 rings (SSSR count). The molecule has 0 saturated carbocycles. The predicted octanol–water partition coefficient (Wildman–Crippen LogP) is 4.45. The first-order valence-electron chi connectivity index (χ1n) is 10.8. The van der Waals surface area contributed by atoms with Crippen LogP contribution in [0.5, 0.6) is 0 Å². The number of thioether (sulfide) groups is 1. The molecule has 0 spiro atoms. The van der Waals surface area contributed by atoms with Gasteiger partial charge in [0.2, 0.25) is 5.91 Å². The van der Waals surface area contributed by atoms with E-state index in [0.717, 1.165) is 27.7 Å². The van der Waals surface area contributed by atoms with Gasteiger partial charge in [0.15, 0.2) is 5.17 Å². The number of carbonyl (C=O) groups is 2. The summed E-state index contributed by atoms with van der Waals surface area (Å²) in [5, 5.41) is 10.0. The third kappa shape index (κ3) is 5.34. The lowest BCUT2D eigenvalue weighted by Gasteiger charge is -2.19. The van der Waals surface area contributed by atoms with Crippen molar-refractivity contribution >= 4 is 51.3 Å². The highest BCUT2D eigenvalue weighted by Gasteiger charge is 2.31. The molecule has 3 aromatic rings. The highest BCUT2D eigenvalue weighted by atomic mass is 32.2. The second kappa shape index (κ2) is 9.62. The number of amides is 2. The van der Waals surface area contributed by atoms with E-state index < -0.39 is 0 Å². The minimum atomic E-state index is -0.149. The van der Waals surface area contributed by atoms with Crippen molar-refractivity contribution in [2.75, 3.05) is 17.6 Å². The van der Waals surface area contributed by atoms with E-state index >= 15 is 0 Å². The quantitative estimate of drug-likeness (QED) is 0.550. The van der Waals surface area contributed by atoms with Gasteiger partial charge in [0.1, 0.15) is 5.70 Å². The number of amidine groups is 1. The number of aryl methyl sites for hydroxylation is 2. The molecule has 0 radical (unpaired) electrons. The maximum absolute atomic E-state index is 13.0. The number of hydrogen-bond donors (Lipinski definition) is 1. The molecular formula is C25H27N5O2S. The smallest absolute Gasteiger partial charge is 0.278 e. The van der Waals surface area contributed by atoms with Crippen molar-refractivity contribution in [2.24, 2.45) is 18.0 Å². The number of anilines is 1. The van der Waals surface area contributed by atoms with E-state index in [9.17, 15) is 9.59 Å². The fourth-order valence-electron chi connectivity index (χ4n) is 3.67. The molecule has 1 N–H and O–H groups in total. The van der Waals surface area contributed by atoms with Gasteiger partial charge in [-0.1, -0.05) is 55.9 Å². The van der Waals surface area contributed by atoms with E-state index in [1.807, 2.05) is 62.6 Å². The van der Waals surface area contributed by atoms with Crippen LogP contribution in [0.1, 0.15) is 25.1 Å². The van der Waals surface area contributed by atoms with Crippen molar-refractivity contribution in [3.8, 4) is 0 Å². The van der Waals surface area contributed by atoms with E-state index in [2.05, 4.69) is 29.3 Å². The summed E-state index contributed by atoms with van der Waals surface area (Å²) >= 11 is 1.27. The summed E-state index contributed by atoms with van der Waals surface area (Å²) < 4.78 is 1.71. The summed E-state index contributed by atoms with van der Waals surface area (Å²) in [5.74, 6) is 0.137. The first-order chi connectivity index (χ1) is 15.8. The van der Waals surface area contributed by atoms with E-state index in [-0.39, 0.29) is 23.5 Å². The van der Waals surface area contributed by atoms with Crippen molar-refractivity contribution in [3.63, 3.8) is 0 Å².